The maximum absolute atomic E-state index is 12.1. The van der Waals surface area contributed by atoms with Gasteiger partial charge in [0, 0.05) is 6.20 Å². The summed E-state index contributed by atoms with van der Waals surface area (Å²) in [5.74, 6) is -1.06. The highest BCUT2D eigenvalue weighted by Crippen LogP contribution is 2.35. The van der Waals surface area contributed by atoms with Gasteiger partial charge < -0.3 is 20.3 Å². The van der Waals surface area contributed by atoms with E-state index in [4.69, 9.17) is 33.0 Å². The van der Waals surface area contributed by atoms with Crippen LogP contribution in [0.2, 0.25) is 0 Å². The molecule has 1 atom stereocenters. The number of ether oxygens (including phenoxy) is 1. The largest absolute Gasteiger partial charge is 0.510 e. The van der Waals surface area contributed by atoms with Gasteiger partial charge in [-0.15, -0.1) is 0 Å². The molecule has 0 amide bonds. The highest BCUT2D eigenvalue weighted by Gasteiger charge is 2.48. The molecule has 1 unspecified atom stereocenters. The molecule has 1 aliphatic rings. The molecule has 0 radical (unpaired) electrons. The van der Waals surface area contributed by atoms with Crippen LogP contribution in [0.4, 0.5) is 0 Å². The van der Waals surface area contributed by atoms with E-state index in [1.165, 1.54) is 6.20 Å². The maximum atomic E-state index is 12.1. The molecular weight excluding hydrogens is 305 g/mol. The molecule has 114 valence electrons. The SMILES string of the molecule is CC1=C(O)C(C(Cl)(Cl)C(=O)OC(C)(C)C)NC=C1CO. The highest BCUT2D eigenvalue weighted by molar-refractivity contribution is 6.58. The lowest BCUT2D eigenvalue weighted by molar-refractivity contribution is -0.156. The van der Waals surface area contributed by atoms with E-state index >= 15 is 0 Å². The Bertz CT molecular complexity index is 463. The van der Waals surface area contributed by atoms with Crippen LogP contribution < -0.4 is 5.32 Å². The lowest BCUT2D eigenvalue weighted by Gasteiger charge is -2.33. The van der Waals surface area contributed by atoms with Gasteiger partial charge in [-0.25, -0.2) is 4.79 Å². The fourth-order valence-electron chi connectivity index (χ4n) is 1.66. The number of alkyl halides is 2. The molecule has 0 aromatic carbocycles. The summed E-state index contributed by atoms with van der Waals surface area (Å²) >= 11 is 12.1. The number of carbonyl (C=O) groups is 1. The third-order valence-corrected chi connectivity index (χ3v) is 3.51. The Labute approximate surface area is 128 Å². The summed E-state index contributed by atoms with van der Waals surface area (Å²) in [7, 11) is 0. The Kier molecular flexibility index (Phi) is 5.00. The number of rotatable bonds is 3. The quantitative estimate of drug-likeness (QED) is 0.548. The zero-order valence-electron chi connectivity index (χ0n) is 11.8. The zero-order valence-corrected chi connectivity index (χ0v) is 13.3. The van der Waals surface area contributed by atoms with Gasteiger partial charge in [0.2, 0.25) is 4.33 Å². The van der Waals surface area contributed by atoms with Crippen LogP contribution in [0, 0.1) is 0 Å². The van der Waals surface area contributed by atoms with E-state index < -0.39 is 21.9 Å². The lowest BCUT2D eigenvalue weighted by Crippen LogP contribution is -2.51. The monoisotopic (exact) mass is 323 g/mol. The molecule has 0 saturated heterocycles. The zero-order chi connectivity index (χ0) is 15.7. The van der Waals surface area contributed by atoms with E-state index in [9.17, 15) is 9.90 Å². The second kappa shape index (κ2) is 5.84. The number of esters is 1. The maximum Gasteiger partial charge on any atom is 0.345 e. The van der Waals surface area contributed by atoms with Crippen LogP contribution in [-0.2, 0) is 9.53 Å². The predicted molar refractivity (Wildman–Crippen MR) is 77.7 cm³/mol. The van der Waals surface area contributed by atoms with Crippen molar-refractivity contribution in [3.05, 3.63) is 23.1 Å². The third kappa shape index (κ3) is 3.59. The Hall–Kier alpha value is -0.910. The van der Waals surface area contributed by atoms with Crippen LogP contribution in [0.1, 0.15) is 27.7 Å². The van der Waals surface area contributed by atoms with Gasteiger partial charge in [-0.05, 0) is 38.8 Å². The van der Waals surface area contributed by atoms with Gasteiger partial charge in [-0.3, -0.25) is 0 Å². The summed E-state index contributed by atoms with van der Waals surface area (Å²) in [6.07, 6.45) is 1.46. The normalized spacial score (nSPS) is 20.4. The molecule has 3 N–H and O–H groups in total. The van der Waals surface area contributed by atoms with Crippen LogP contribution in [0.15, 0.2) is 23.1 Å². The van der Waals surface area contributed by atoms with Crippen molar-refractivity contribution in [1.82, 2.24) is 5.32 Å². The van der Waals surface area contributed by atoms with E-state index in [1.54, 1.807) is 27.7 Å². The lowest BCUT2D eigenvalue weighted by atomic mass is 9.98. The number of nitrogens with one attached hydrogen (secondary N) is 1. The topological polar surface area (TPSA) is 78.8 Å². The summed E-state index contributed by atoms with van der Waals surface area (Å²) in [5, 5.41) is 21.9. The van der Waals surface area contributed by atoms with Gasteiger partial charge in [0.25, 0.3) is 0 Å². The number of aliphatic hydroxyl groups is 2. The average molecular weight is 324 g/mol. The van der Waals surface area contributed by atoms with Crippen molar-refractivity contribution in [1.29, 1.82) is 0 Å². The van der Waals surface area contributed by atoms with Gasteiger partial charge in [-0.1, -0.05) is 23.2 Å². The molecule has 0 saturated carbocycles. The van der Waals surface area contributed by atoms with E-state index in [1.807, 2.05) is 0 Å². The van der Waals surface area contributed by atoms with E-state index in [2.05, 4.69) is 5.32 Å². The fraction of sp³-hybridized carbons (Fsp3) is 0.615. The minimum Gasteiger partial charge on any atom is -0.510 e. The summed E-state index contributed by atoms with van der Waals surface area (Å²) in [6, 6.07) is -1.05. The number of hydrogen-bond donors (Lipinski definition) is 3. The van der Waals surface area contributed by atoms with Gasteiger partial charge in [0.05, 0.1) is 6.61 Å². The molecule has 7 heteroatoms. The van der Waals surface area contributed by atoms with E-state index in [-0.39, 0.29) is 12.4 Å². The second-order valence-electron chi connectivity index (χ2n) is 5.56. The molecular formula is C13H19Cl2NO4. The Morgan fingerprint density at radius 3 is 2.45 bits per heavy atom. The predicted octanol–water partition coefficient (Wildman–Crippen LogP) is 2.18. The van der Waals surface area contributed by atoms with Gasteiger partial charge >= 0.3 is 5.97 Å². The highest BCUT2D eigenvalue weighted by atomic mass is 35.5. The number of aliphatic hydroxyl groups excluding tert-OH is 2. The summed E-state index contributed by atoms with van der Waals surface area (Å²) in [5.41, 5.74) is 0.166. The standard InChI is InChI=1S/C13H19Cl2NO4/c1-7-8(6-17)5-16-10(9(7)18)13(14,15)11(19)20-12(2,3)4/h5,10,16-18H,6H2,1-4H3. The van der Waals surface area contributed by atoms with Crippen LogP contribution in [0.3, 0.4) is 0 Å². The second-order valence-corrected chi connectivity index (χ2v) is 6.95. The van der Waals surface area contributed by atoms with Crippen LogP contribution in [0.5, 0.6) is 0 Å². The van der Waals surface area contributed by atoms with Crippen LogP contribution in [-0.4, -0.2) is 38.8 Å². The minimum atomic E-state index is -1.99. The first-order valence-corrected chi connectivity index (χ1v) is 6.83. The van der Waals surface area contributed by atoms with Crippen molar-refractivity contribution >= 4 is 29.2 Å². The van der Waals surface area contributed by atoms with Crippen molar-refractivity contribution in [2.45, 2.75) is 43.7 Å². The van der Waals surface area contributed by atoms with Gasteiger partial charge in [0.15, 0.2) is 0 Å². The number of hydrogen-bond acceptors (Lipinski definition) is 5. The number of halogens is 2. The molecule has 0 aromatic heterocycles. The van der Waals surface area contributed by atoms with Crippen molar-refractivity contribution < 1.29 is 19.7 Å². The molecule has 1 heterocycles. The molecule has 0 aliphatic carbocycles. The first-order valence-electron chi connectivity index (χ1n) is 6.08. The molecule has 0 fully saturated rings. The molecule has 0 aromatic rings. The number of dihydropyridines is 1. The molecule has 5 nitrogen and oxygen atoms in total. The number of carbonyl (C=O) groups excluding carboxylic acids is 1. The minimum absolute atomic E-state index is 0.201. The van der Waals surface area contributed by atoms with Crippen molar-refractivity contribution in [3.63, 3.8) is 0 Å². The summed E-state index contributed by atoms with van der Waals surface area (Å²) in [6.45, 7) is 6.42. The van der Waals surface area contributed by atoms with Crippen molar-refractivity contribution in [2.24, 2.45) is 0 Å². The van der Waals surface area contributed by atoms with Gasteiger partial charge in [-0.2, -0.15) is 0 Å². The molecule has 20 heavy (non-hydrogen) atoms. The Morgan fingerprint density at radius 1 is 1.45 bits per heavy atom. The molecule has 0 spiro atoms. The van der Waals surface area contributed by atoms with Crippen molar-refractivity contribution in [2.75, 3.05) is 6.61 Å². The van der Waals surface area contributed by atoms with Crippen LogP contribution >= 0.6 is 23.2 Å². The Morgan fingerprint density at radius 2 is 2.00 bits per heavy atom. The third-order valence-electron chi connectivity index (χ3n) is 2.77. The Balaban J connectivity index is 3.01. The average Bonchev–Trinajstić information content (AvgIpc) is 2.30. The van der Waals surface area contributed by atoms with Crippen LogP contribution in [0.25, 0.3) is 0 Å². The smallest absolute Gasteiger partial charge is 0.345 e. The first kappa shape index (κ1) is 17.1. The molecule has 1 aliphatic heterocycles. The van der Waals surface area contributed by atoms with E-state index in [0.717, 1.165) is 0 Å². The summed E-state index contributed by atoms with van der Waals surface area (Å²) < 4.78 is 3.16. The van der Waals surface area contributed by atoms with E-state index in [0.29, 0.717) is 11.1 Å². The molecule has 0 bridgehead atoms. The molecule has 1 rings (SSSR count). The van der Waals surface area contributed by atoms with Crippen molar-refractivity contribution in [3.8, 4) is 0 Å². The first-order chi connectivity index (χ1) is 9.00. The summed E-state index contributed by atoms with van der Waals surface area (Å²) in [4.78, 5) is 12.1. The van der Waals surface area contributed by atoms with Gasteiger partial charge in [0.1, 0.15) is 17.4 Å². The fourth-order valence-corrected chi connectivity index (χ4v) is 2.07.